The van der Waals surface area contributed by atoms with E-state index in [-0.39, 0.29) is 5.56 Å². The molecule has 1 nitrogen and oxygen atoms in total. The van der Waals surface area contributed by atoms with E-state index in [0.29, 0.717) is 12.3 Å². The molecule has 0 bridgehead atoms. The Hall–Kier alpha value is -1.03. The molecule has 0 aliphatic heterocycles. The van der Waals surface area contributed by atoms with Gasteiger partial charge >= 0.3 is 6.18 Å². The summed E-state index contributed by atoms with van der Waals surface area (Å²) in [5.74, 6) is 0.444. The zero-order valence-electron chi connectivity index (χ0n) is 10.1. The van der Waals surface area contributed by atoms with E-state index in [2.05, 4.69) is 0 Å². The fraction of sp³-hybridized carbons (Fsp3) is 0.538. The Bertz CT molecular complexity index is 358. The average Bonchev–Trinajstić information content (AvgIpc) is 2.24. The van der Waals surface area contributed by atoms with Crippen LogP contribution in [0.3, 0.4) is 0 Å². The number of hydrogen-bond acceptors (Lipinski definition) is 1. The quantitative estimate of drug-likeness (QED) is 0.847. The van der Waals surface area contributed by atoms with Crippen LogP contribution < -0.4 is 5.73 Å². The van der Waals surface area contributed by atoms with Crippen molar-refractivity contribution in [2.75, 3.05) is 0 Å². The van der Waals surface area contributed by atoms with Crippen LogP contribution in [-0.2, 0) is 6.18 Å². The van der Waals surface area contributed by atoms with Crippen LogP contribution in [0, 0.1) is 5.92 Å². The van der Waals surface area contributed by atoms with Crippen LogP contribution in [0.2, 0.25) is 0 Å². The zero-order valence-corrected chi connectivity index (χ0v) is 10.1. The standard InChI is InChI=1S/C13H18F3N/c1-9(2)7-8-12(17)10-5-3-4-6-11(10)13(14,15)16/h3-6,9,12H,7-8,17H2,1-2H3/t12-/m0/s1. The van der Waals surface area contributed by atoms with Gasteiger partial charge in [0.1, 0.15) is 0 Å². The Balaban J connectivity index is 2.89. The van der Waals surface area contributed by atoms with Gasteiger partial charge in [0.05, 0.1) is 5.56 Å². The lowest BCUT2D eigenvalue weighted by Gasteiger charge is -2.18. The van der Waals surface area contributed by atoms with Gasteiger partial charge in [-0.25, -0.2) is 0 Å². The Labute approximate surface area is 99.8 Å². The fourth-order valence-corrected chi connectivity index (χ4v) is 1.75. The normalized spacial score (nSPS) is 14.1. The SMILES string of the molecule is CC(C)CC[C@H](N)c1ccccc1C(F)(F)F. The zero-order chi connectivity index (χ0) is 13.1. The number of benzene rings is 1. The summed E-state index contributed by atoms with van der Waals surface area (Å²) in [6.07, 6.45) is -2.93. The summed E-state index contributed by atoms with van der Waals surface area (Å²) < 4.78 is 38.3. The van der Waals surface area contributed by atoms with Crippen LogP contribution in [0.25, 0.3) is 0 Å². The molecule has 0 aliphatic carbocycles. The predicted molar refractivity (Wildman–Crippen MR) is 62.4 cm³/mol. The lowest BCUT2D eigenvalue weighted by Crippen LogP contribution is -2.17. The Kier molecular flexibility index (Phi) is 4.57. The summed E-state index contributed by atoms with van der Waals surface area (Å²) in [6.45, 7) is 4.06. The Morgan fingerprint density at radius 1 is 1.12 bits per heavy atom. The molecular formula is C13H18F3N. The van der Waals surface area contributed by atoms with E-state index in [4.69, 9.17) is 5.73 Å². The number of hydrogen-bond donors (Lipinski definition) is 1. The van der Waals surface area contributed by atoms with Gasteiger partial charge in [-0.3, -0.25) is 0 Å². The minimum atomic E-state index is -4.33. The van der Waals surface area contributed by atoms with Crippen LogP contribution >= 0.6 is 0 Å². The molecule has 2 N–H and O–H groups in total. The van der Waals surface area contributed by atoms with Gasteiger partial charge in [0.25, 0.3) is 0 Å². The third-order valence-corrected chi connectivity index (χ3v) is 2.72. The predicted octanol–water partition coefficient (Wildman–Crippen LogP) is 4.14. The molecule has 1 rings (SSSR count). The highest BCUT2D eigenvalue weighted by Crippen LogP contribution is 2.35. The molecule has 1 aromatic rings. The Morgan fingerprint density at radius 2 is 1.71 bits per heavy atom. The van der Waals surface area contributed by atoms with Crippen molar-refractivity contribution in [3.8, 4) is 0 Å². The van der Waals surface area contributed by atoms with Crippen LogP contribution in [0.15, 0.2) is 24.3 Å². The molecule has 0 radical (unpaired) electrons. The number of rotatable bonds is 4. The third kappa shape index (κ3) is 4.04. The van der Waals surface area contributed by atoms with Gasteiger partial charge in [-0.15, -0.1) is 0 Å². The molecule has 1 aromatic carbocycles. The first-order valence-corrected chi connectivity index (χ1v) is 5.74. The van der Waals surface area contributed by atoms with Crippen molar-refractivity contribution in [1.29, 1.82) is 0 Å². The smallest absolute Gasteiger partial charge is 0.324 e. The van der Waals surface area contributed by atoms with E-state index < -0.39 is 17.8 Å². The van der Waals surface area contributed by atoms with Gasteiger partial charge < -0.3 is 5.73 Å². The molecule has 0 aliphatic rings. The average molecular weight is 245 g/mol. The molecular weight excluding hydrogens is 227 g/mol. The highest BCUT2D eigenvalue weighted by molar-refractivity contribution is 5.32. The number of alkyl halides is 3. The molecule has 0 fully saturated rings. The first kappa shape index (κ1) is 14.0. The van der Waals surface area contributed by atoms with Crippen LogP contribution in [0.4, 0.5) is 13.2 Å². The second-order valence-corrected chi connectivity index (χ2v) is 4.66. The van der Waals surface area contributed by atoms with Crippen molar-refractivity contribution >= 4 is 0 Å². The molecule has 1 atom stereocenters. The molecule has 4 heteroatoms. The summed E-state index contributed by atoms with van der Waals surface area (Å²) in [5, 5.41) is 0. The minimum Gasteiger partial charge on any atom is -0.324 e. The summed E-state index contributed by atoms with van der Waals surface area (Å²) in [6, 6.07) is 5.00. The summed E-state index contributed by atoms with van der Waals surface area (Å²) >= 11 is 0. The van der Waals surface area contributed by atoms with E-state index >= 15 is 0 Å². The summed E-state index contributed by atoms with van der Waals surface area (Å²) in [7, 11) is 0. The van der Waals surface area contributed by atoms with Crippen molar-refractivity contribution in [3.05, 3.63) is 35.4 Å². The van der Waals surface area contributed by atoms with Crippen LogP contribution in [-0.4, -0.2) is 0 Å². The third-order valence-electron chi connectivity index (χ3n) is 2.72. The molecule has 0 heterocycles. The maximum atomic E-state index is 12.8. The van der Waals surface area contributed by atoms with E-state index in [1.54, 1.807) is 6.07 Å². The highest BCUT2D eigenvalue weighted by Gasteiger charge is 2.34. The first-order valence-electron chi connectivity index (χ1n) is 5.74. The summed E-state index contributed by atoms with van der Waals surface area (Å²) in [5.41, 5.74) is 5.42. The maximum Gasteiger partial charge on any atom is 0.416 e. The molecule has 0 spiro atoms. The second-order valence-electron chi connectivity index (χ2n) is 4.66. The largest absolute Gasteiger partial charge is 0.416 e. The number of halogens is 3. The van der Waals surface area contributed by atoms with E-state index in [1.807, 2.05) is 13.8 Å². The molecule has 0 unspecified atom stereocenters. The van der Waals surface area contributed by atoms with Gasteiger partial charge in [-0.05, 0) is 30.4 Å². The topological polar surface area (TPSA) is 26.0 Å². The fourth-order valence-electron chi connectivity index (χ4n) is 1.75. The molecule has 0 saturated heterocycles. The lowest BCUT2D eigenvalue weighted by molar-refractivity contribution is -0.138. The van der Waals surface area contributed by atoms with Gasteiger partial charge in [-0.1, -0.05) is 32.0 Å². The van der Waals surface area contributed by atoms with E-state index in [1.165, 1.54) is 12.1 Å². The van der Waals surface area contributed by atoms with Crippen molar-refractivity contribution in [2.45, 2.75) is 38.9 Å². The highest BCUT2D eigenvalue weighted by atomic mass is 19.4. The van der Waals surface area contributed by atoms with Crippen molar-refractivity contribution < 1.29 is 13.2 Å². The van der Waals surface area contributed by atoms with E-state index in [9.17, 15) is 13.2 Å². The van der Waals surface area contributed by atoms with Gasteiger partial charge in [0, 0.05) is 6.04 Å². The molecule has 96 valence electrons. The van der Waals surface area contributed by atoms with Gasteiger partial charge in [0.15, 0.2) is 0 Å². The molecule has 0 saturated carbocycles. The van der Waals surface area contributed by atoms with Crippen LogP contribution in [0.1, 0.15) is 43.9 Å². The van der Waals surface area contributed by atoms with E-state index in [0.717, 1.165) is 12.5 Å². The van der Waals surface area contributed by atoms with Crippen molar-refractivity contribution in [1.82, 2.24) is 0 Å². The second kappa shape index (κ2) is 5.54. The van der Waals surface area contributed by atoms with Gasteiger partial charge in [0.2, 0.25) is 0 Å². The number of nitrogens with two attached hydrogens (primary N) is 1. The minimum absolute atomic E-state index is 0.195. The maximum absolute atomic E-state index is 12.8. The lowest BCUT2D eigenvalue weighted by atomic mass is 9.94. The Morgan fingerprint density at radius 3 is 2.24 bits per heavy atom. The van der Waals surface area contributed by atoms with Crippen molar-refractivity contribution in [2.24, 2.45) is 11.7 Å². The first-order chi connectivity index (χ1) is 7.82. The molecule has 0 aromatic heterocycles. The summed E-state index contributed by atoms with van der Waals surface area (Å²) in [4.78, 5) is 0. The van der Waals surface area contributed by atoms with Crippen molar-refractivity contribution in [3.63, 3.8) is 0 Å². The molecule has 0 amide bonds. The van der Waals surface area contributed by atoms with Gasteiger partial charge in [-0.2, -0.15) is 13.2 Å². The van der Waals surface area contributed by atoms with Crippen LogP contribution in [0.5, 0.6) is 0 Å². The molecule has 17 heavy (non-hydrogen) atoms. The monoisotopic (exact) mass is 245 g/mol.